The Labute approximate surface area is 129 Å². The van der Waals surface area contributed by atoms with Crippen molar-refractivity contribution in [3.05, 3.63) is 57.3 Å². The van der Waals surface area contributed by atoms with Gasteiger partial charge in [0, 0.05) is 29.1 Å². The van der Waals surface area contributed by atoms with Crippen LogP contribution in [0.3, 0.4) is 0 Å². The number of Topliss-reactive ketones (excluding diaryl/α,β-unsaturated/α-hetero) is 1. The van der Waals surface area contributed by atoms with Gasteiger partial charge in [-0.15, -0.1) is 0 Å². The first-order valence-electron chi connectivity index (χ1n) is 6.11. The number of hydrogen-bond donors (Lipinski definition) is 0. The molecule has 0 radical (unpaired) electrons. The Morgan fingerprint density at radius 1 is 1.15 bits per heavy atom. The second-order valence-corrected chi connectivity index (χ2v) is 5.89. The normalized spacial score (nSPS) is 14.5. The zero-order valence-electron chi connectivity index (χ0n) is 10.4. The van der Waals surface area contributed by atoms with Crippen LogP contribution in [0.1, 0.15) is 17.5 Å². The Hall–Kier alpha value is -1.52. The second kappa shape index (κ2) is 5.46. The highest BCUT2D eigenvalue weighted by Crippen LogP contribution is 2.28. The van der Waals surface area contributed by atoms with Crippen LogP contribution >= 0.6 is 27.5 Å². The van der Waals surface area contributed by atoms with E-state index >= 15 is 0 Å². The third-order valence-electron chi connectivity index (χ3n) is 3.11. The third-order valence-corrected chi connectivity index (χ3v) is 3.81. The zero-order chi connectivity index (χ0) is 14.1. The molecular formula is C15H10BrClN2O. The summed E-state index contributed by atoms with van der Waals surface area (Å²) in [6, 6.07) is 9.34. The molecule has 20 heavy (non-hydrogen) atoms. The summed E-state index contributed by atoms with van der Waals surface area (Å²) in [4.78, 5) is 20.7. The van der Waals surface area contributed by atoms with E-state index in [1.165, 1.54) is 0 Å². The first-order chi connectivity index (χ1) is 9.61. The SMILES string of the molecule is O=C1CC(c2ccnc(Cl)c2)=Nc2ccc(Br)cc2C1. The molecule has 3 rings (SSSR count). The zero-order valence-corrected chi connectivity index (χ0v) is 12.8. The van der Waals surface area contributed by atoms with Gasteiger partial charge in [0.1, 0.15) is 10.9 Å². The highest BCUT2D eigenvalue weighted by Gasteiger charge is 2.18. The number of carbonyl (C=O) groups is 1. The number of fused-ring (bicyclic) bond motifs is 1. The molecule has 2 aromatic rings. The summed E-state index contributed by atoms with van der Waals surface area (Å²) >= 11 is 9.32. The van der Waals surface area contributed by atoms with E-state index in [2.05, 4.69) is 25.9 Å². The highest BCUT2D eigenvalue weighted by molar-refractivity contribution is 9.10. The van der Waals surface area contributed by atoms with Crippen molar-refractivity contribution in [3.8, 4) is 0 Å². The standard InChI is InChI=1S/C15H10BrClN2O/c16-11-1-2-13-10(5-11)6-12(20)8-14(19-13)9-3-4-18-15(17)7-9/h1-5,7H,6,8H2. The van der Waals surface area contributed by atoms with Crippen molar-refractivity contribution in [1.82, 2.24) is 4.98 Å². The molecule has 0 saturated heterocycles. The van der Waals surface area contributed by atoms with Gasteiger partial charge in [-0.1, -0.05) is 27.5 Å². The maximum Gasteiger partial charge on any atom is 0.143 e. The van der Waals surface area contributed by atoms with Crippen LogP contribution in [0.25, 0.3) is 0 Å². The molecule has 5 heteroatoms. The quantitative estimate of drug-likeness (QED) is 0.726. The molecule has 1 aliphatic rings. The lowest BCUT2D eigenvalue weighted by molar-refractivity contribution is -0.117. The predicted molar refractivity (Wildman–Crippen MR) is 82.9 cm³/mol. The Bertz CT molecular complexity index is 728. The summed E-state index contributed by atoms with van der Waals surface area (Å²) in [6.45, 7) is 0. The Morgan fingerprint density at radius 3 is 2.80 bits per heavy atom. The fraction of sp³-hybridized carbons (Fsp3) is 0.133. The Balaban J connectivity index is 2.11. The molecule has 0 spiro atoms. The van der Waals surface area contributed by atoms with E-state index < -0.39 is 0 Å². The van der Waals surface area contributed by atoms with E-state index in [-0.39, 0.29) is 5.78 Å². The maximum absolute atomic E-state index is 12.1. The molecule has 0 aliphatic carbocycles. The minimum Gasteiger partial charge on any atom is -0.299 e. The van der Waals surface area contributed by atoms with Crippen LogP contribution < -0.4 is 0 Å². The van der Waals surface area contributed by atoms with Gasteiger partial charge in [-0.3, -0.25) is 9.79 Å². The molecular weight excluding hydrogens is 340 g/mol. The van der Waals surface area contributed by atoms with Crippen LogP contribution in [0.15, 0.2) is 46.0 Å². The van der Waals surface area contributed by atoms with E-state index in [0.29, 0.717) is 18.0 Å². The van der Waals surface area contributed by atoms with Crippen molar-refractivity contribution in [1.29, 1.82) is 0 Å². The van der Waals surface area contributed by atoms with Gasteiger partial charge >= 0.3 is 0 Å². The summed E-state index contributed by atoms with van der Waals surface area (Å²) in [6.07, 6.45) is 2.34. The monoisotopic (exact) mass is 348 g/mol. The average molecular weight is 350 g/mol. The molecule has 0 N–H and O–H groups in total. The summed E-state index contributed by atoms with van der Waals surface area (Å²) in [5.74, 6) is 0.147. The molecule has 0 bridgehead atoms. The Kier molecular flexibility index (Phi) is 3.68. The number of aliphatic imine (C=N–C) groups is 1. The smallest absolute Gasteiger partial charge is 0.143 e. The number of nitrogens with zero attached hydrogens (tertiary/aromatic N) is 2. The predicted octanol–water partition coefficient (Wildman–Crippen LogP) is 4.13. The molecule has 0 fully saturated rings. The summed E-state index contributed by atoms with van der Waals surface area (Å²) in [5.41, 5.74) is 3.36. The van der Waals surface area contributed by atoms with E-state index in [0.717, 1.165) is 27.0 Å². The van der Waals surface area contributed by atoms with Crippen LogP contribution in [0, 0.1) is 0 Å². The lowest BCUT2D eigenvalue weighted by atomic mass is 10.0. The molecule has 1 aromatic carbocycles. The van der Waals surface area contributed by atoms with Crippen LogP contribution in [0.2, 0.25) is 5.15 Å². The van der Waals surface area contributed by atoms with Crippen molar-refractivity contribution in [2.45, 2.75) is 12.8 Å². The number of carbonyl (C=O) groups excluding carboxylic acids is 1. The fourth-order valence-electron chi connectivity index (χ4n) is 2.20. The lowest BCUT2D eigenvalue weighted by Gasteiger charge is -2.04. The minimum absolute atomic E-state index is 0.147. The van der Waals surface area contributed by atoms with E-state index in [4.69, 9.17) is 11.6 Å². The number of hydrogen-bond acceptors (Lipinski definition) is 3. The number of benzene rings is 1. The first kappa shape index (κ1) is 13.5. The van der Waals surface area contributed by atoms with Gasteiger partial charge in [-0.25, -0.2) is 4.98 Å². The summed E-state index contributed by atoms with van der Waals surface area (Å²) < 4.78 is 0.953. The van der Waals surface area contributed by atoms with Gasteiger partial charge in [0.2, 0.25) is 0 Å². The molecule has 0 amide bonds. The molecule has 3 nitrogen and oxygen atoms in total. The van der Waals surface area contributed by atoms with Gasteiger partial charge in [0.05, 0.1) is 11.4 Å². The van der Waals surface area contributed by atoms with Crippen molar-refractivity contribution in [2.75, 3.05) is 0 Å². The van der Waals surface area contributed by atoms with Gasteiger partial charge in [-0.2, -0.15) is 0 Å². The lowest BCUT2D eigenvalue weighted by Crippen LogP contribution is -2.09. The molecule has 1 aromatic heterocycles. The van der Waals surface area contributed by atoms with E-state index in [1.54, 1.807) is 12.3 Å². The molecule has 0 atom stereocenters. The fourth-order valence-corrected chi connectivity index (χ4v) is 2.78. The van der Waals surface area contributed by atoms with Crippen LogP contribution in [0.4, 0.5) is 5.69 Å². The van der Waals surface area contributed by atoms with Gasteiger partial charge < -0.3 is 0 Å². The van der Waals surface area contributed by atoms with E-state index in [9.17, 15) is 4.79 Å². The molecule has 100 valence electrons. The van der Waals surface area contributed by atoms with Crippen molar-refractivity contribution < 1.29 is 4.79 Å². The van der Waals surface area contributed by atoms with Gasteiger partial charge in [0.25, 0.3) is 0 Å². The summed E-state index contributed by atoms with van der Waals surface area (Å²) in [5, 5.41) is 0.401. The van der Waals surface area contributed by atoms with Crippen molar-refractivity contribution in [3.63, 3.8) is 0 Å². The van der Waals surface area contributed by atoms with Crippen molar-refractivity contribution in [2.24, 2.45) is 4.99 Å². The molecule has 1 aliphatic heterocycles. The largest absolute Gasteiger partial charge is 0.299 e. The maximum atomic E-state index is 12.1. The number of halogens is 2. The number of ketones is 1. The van der Waals surface area contributed by atoms with Crippen LogP contribution in [-0.2, 0) is 11.2 Å². The first-order valence-corrected chi connectivity index (χ1v) is 7.28. The van der Waals surface area contributed by atoms with Gasteiger partial charge in [-0.05, 0) is 35.9 Å². The summed E-state index contributed by atoms with van der Waals surface area (Å²) in [7, 11) is 0. The topological polar surface area (TPSA) is 42.3 Å². The van der Waals surface area contributed by atoms with E-state index in [1.807, 2.05) is 24.3 Å². The van der Waals surface area contributed by atoms with Crippen LogP contribution in [-0.4, -0.2) is 16.5 Å². The third kappa shape index (κ3) is 2.81. The molecule has 0 unspecified atom stereocenters. The number of aromatic nitrogens is 1. The minimum atomic E-state index is 0.147. The number of rotatable bonds is 1. The highest BCUT2D eigenvalue weighted by atomic mass is 79.9. The number of pyridine rings is 1. The van der Waals surface area contributed by atoms with Crippen molar-refractivity contribution >= 4 is 44.7 Å². The molecule has 2 heterocycles. The Morgan fingerprint density at radius 2 is 2.00 bits per heavy atom. The van der Waals surface area contributed by atoms with Gasteiger partial charge in [0.15, 0.2) is 0 Å². The molecule has 0 saturated carbocycles. The average Bonchev–Trinajstić information content (AvgIpc) is 2.56. The van der Waals surface area contributed by atoms with Crippen LogP contribution in [0.5, 0.6) is 0 Å². The second-order valence-electron chi connectivity index (χ2n) is 4.59.